The third-order valence-electron chi connectivity index (χ3n) is 9.95. The maximum Gasteiger partial charge on any atom is 0.227 e. The Kier molecular flexibility index (Phi) is 6.15. The van der Waals surface area contributed by atoms with Gasteiger partial charge in [0.25, 0.3) is 0 Å². The first kappa shape index (κ1) is 28.6. The van der Waals surface area contributed by atoms with Crippen LogP contribution >= 0.6 is 0 Å². The van der Waals surface area contributed by atoms with E-state index >= 15 is 0 Å². The van der Waals surface area contributed by atoms with Gasteiger partial charge in [0.05, 0.1) is 5.56 Å². The topological polar surface area (TPSA) is 77.8 Å². The number of para-hydroxylation sites is 2. The number of hydrogen-bond acceptors (Lipinski definition) is 6. The lowest BCUT2D eigenvalue weighted by Crippen LogP contribution is -2.00. The SMILES string of the molecule is c1ccc(-c2nc(-c3cccc4c3ccc3ccc5ccc6nc(-c7ccccc7)oc6c5c34)nc(-c3cccc4c3oc3ccccc34)n2)cc1. The maximum absolute atomic E-state index is 6.57. The van der Waals surface area contributed by atoms with E-state index in [0.29, 0.717) is 23.4 Å². The molecule has 6 nitrogen and oxygen atoms in total. The molecule has 0 bridgehead atoms. The summed E-state index contributed by atoms with van der Waals surface area (Å²) < 4.78 is 13.0. The lowest BCUT2D eigenvalue weighted by molar-refractivity contribution is 0.623. The Labute approximate surface area is 296 Å². The third-order valence-corrected chi connectivity index (χ3v) is 9.95. The van der Waals surface area contributed by atoms with Gasteiger partial charge < -0.3 is 8.83 Å². The van der Waals surface area contributed by atoms with E-state index in [1.165, 1.54) is 0 Å². The molecule has 0 spiro atoms. The molecule has 3 heterocycles. The minimum Gasteiger partial charge on any atom is -0.455 e. The summed E-state index contributed by atoms with van der Waals surface area (Å²) in [4.78, 5) is 20.3. The molecule has 11 rings (SSSR count). The minimum atomic E-state index is 0.550. The van der Waals surface area contributed by atoms with Gasteiger partial charge in [-0.1, -0.05) is 127 Å². The average molecular weight is 667 g/mol. The van der Waals surface area contributed by atoms with Crippen LogP contribution in [0.5, 0.6) is 0 Å². The number of hydrogen-bond donors (Lipinski definition) is 0. The van der Waals surface area contributed by atoms with Crippen molar-refractivity contribution in [1.29, 1.82) is 0 Å². The van der Waals surface area contributed by atoms with Crippen molar-refractivity contribution >= 4 is 65.4 Å². The number of nitrogens with zero attached hydrogens (tertiary/aromatic N) is 4. The molecule has 11 aromatic rings. The molecule has 242 valence electrons. The fraction of sp³-hybridized carbons (Fsp3) is 0. The lowest BCUT2D eigenvalue weighted by Gasteiger charge is -2.13. The molecule has 6 heteroatoms. The van der Waals surface area contributed by atoms with E-state index in [1.807, 2.05) is 97.1 Å². The Balaban J connectivity index is 1.18. The van der Waals surface area contributed by atoms with Gasteiger partial charge in [0.1, 0.15) is 16.7 Å². The Morgan fingerprint density at radius 3 is 1.79 bits per heavy atom. The Bertz CT molecular complexity index is 3180. The zero-order valence-electron chi connectivity index (χ0n) is 27.6. The molecule has 0 unspecified atom stereocenters. The van der Waals surface area contributed by atoms with Crippen molar-refractivity contribution in [2.75, 3.05) is 0 Å². The monoisotopic (exact) mass is 666 g/mol. The van der Waals surface area contributed by atoms with Gasteiger partial charge in [0.15, 0.2) is 23.1 Å². The van der Waals surface area contributed by atoms with Crippen LogP contribution in [0.4, 0.5) is 0 Å². The van der Waals surface area contributed by atoms with E-state index < -0.39 is 0 Å². The fourth-order valence-electron chi connectivity index (χ4n) is 7.53. The molecule has 0 aliphatic heterocycles. The fourth-order valence-corrected chi connectivity index (χ4v) is 7.53. The van der Waals surface area contributed by atoms with Crippen molar-refractivity contribution in [3.63, 3.8) is 0 Å². The number of rotatable bonds is 4. The van der Waals surface area contributed by atoms with Crippen molar-refractivity contribution in [3.8, 4) is 45.6 Å². The van der Waals surface area contributed by atoms with Crippen LogP contribution < -0.4 is 0 Å². The van der Waals surface area contributed by atoms with E-state index in [0.717, 1.165) is 87.6 Å². The van der Waals surface area contributed by atoms with Gasteiger partial charge in [-0.15, -0.1) is 0 Å². The molecule has 0 N–H and O–H groups in total. The average Bonchev–Trinajstić information content (AvgIpc) is 3.83. The van der Waals surface area contributed by atoms with Crippen LogP contribution in [0.25, 0.3) is 111 Å². The smallest absolute Gasteiger partial charge is 0.227 e. The highest BCUT2D eigenvalue weighted by Gasteiger charge is 2.20. The van der Waals surface area contributed by atoms with E-state index in [9.17, 15) is 0 Å². The van der Waals surface area contributed by atoms with Gasteiger partial charge in [0.2, 0.25) is 5.89 Å². The Morgan fingerprint density at radius 2 is 0.962 bits per heavy atom. The van der Waals surface area contributed by atoms with Crippen molar-refractivity contribution in [1.82, 2.24) is 19.9 Å². The van der Waals surface area contributed by atoms with Crippen LogP contribution in [0.1, 0.15) is 0 Å². The molecule has 0 radical (unpaired) electrons. The zero-order valence-corrected chi connectivity index (χ0v) is 27.6. The second-order valence-electron chi connectivity index (χ2n) is 13.0. The molecule has 8 aromatic carbocycles. The number of oxazole rings is 1. The van der Waals surface area contributed by atoms with Crippen LogP contribution in [0.2, 0.25) is 0 Å². The molecule has 0 atom stereocenters. The van der Waals surface area contributed by atoms with Crippen LogP contribution in [0.15, 0.2) is 167 Å². The summed E-state index contributed by atoms with van der Waals surface area (Å²) in [5, 5.41) is 8.51. The minimum absolute atomic E-state index is 0.550. The third kappa shape index (κ3) is 4.38. The van der Waals surface area contributed by atoms with E-state index in [-0.39, 0.29) is 0 Å². The summed E-state index contributed by atoms with van der Waals surface area (Å²) >= 11 is 0. The van der Waals surface area contributed by atoms with E-state index in [4.69, 9.17) is 28.8 Å². The summed E-state index contributed by atoms with van der Waals surface area (Å²) in [7, 11) is 0. The molecular weight excluding hydrogens is 641 g/mol. The molecule has 0 fully saturated rings. The van der Waals surface area contributed by atoms with Gasteiger partial charge in [-0.3, -0.25) is 0 Å². The second-order valence-corrected chi connectivity index (χ2v) is 13.0. The first-order valence-corrected chi connectivity index (χ1v) is 17.2. The molecule has 3 aromatic heterocycles. The molecule has 0 aliphatic carbocycles. The number of furan rings is 1. The van der Waals surface area contributed by atoms with E-state index in [2.05, 4.69) is 60.7 Å². The largest absolute Gasteiger partial charge is 0.455 e. The molecular formula is C46H26N4O2. The van der Waals surface area contributed by atoms with Crippen molar-refractivity contribution in [2.24, 2.45) is 0 Å². The van der Waals surface area contributed by atoms with Crippen LogP contribution in [-0.4, -0.2) is 19.9 Å². The van der Waals surface area contributed by atoms with Crippen molar-refractivity contribution < 1.29 is 8.83 Å². The first-order valence-electron chi connectivity index (χ1n) is 17.2. The van der Waals surface area contributed by atoms with Gasteiger partial charge in [0, 0.05) is 38.2 Å². The number of benzene rings is 8. The van der Waals surface area contributed by atoms with Crippen molar-refractivity contribution in [2.45, 2.75) is 0 Å². The summed E-state index contributed by atoms with van der Waals surface area (Å²) in [5.74, 6) is 2.33. The van der Waals surface area contributed by atoms with Crippen LogP contribution in [0.3, 0.4) is 0 Å². The quantitative estimate of drug-likeness (QED) is 0.174. The standard InChI is InChI=1S/C46H26N4O2/c1-3-11-29(12-4-1)43-48-44(50-45(49-43)36-19-10-17-34-32-15-7-8-20-38(32)51-41(34)36)35-18-9-16-33-31(35)25-23-27-21-22-28-24-26-37-42(40(28)39(27)33)52-46(47-37)30-13-5-2-6-14-30/h1-26H. The highest BCUT2D eigenvalue weighted by Crippen LogP contribution is 2.41. The predicted octanol–water partition coefficient (Wildman–Crippen LogP) is 12.0. The molecule has 0 amide bonds. The summed E-state index contributed by atoms with van der Waals surface area (Å²) in [6.07, 6.45) is 0. The summed E-state index contributed by atoms with van der Waals surface area (Å²) in [5.41, 5.74) is 6.74. The summed E-state index contributed by atoms with van der Waals surface area (Å²) in [6.45, 7) is 0. The summed E-state index contributed by atoms with van der Waals surface area (Å²) in [6, 6.07) is 53.5. The maximum atomic E-state index is 6.57. The first-order chi connectivity index (χ1) is 25.8. The van der Waals surface area contributed by atoms with Gasteiger partial charge in [-0.25, -0.2) is 19.9 Å². The van der Waals surface area contributed by atoms with Gasteiger partial charge >= 0.3 is 0 Å². The predicted molar refractivity (Wildman–Crippen MR) is 209 cm³/mol. The van der Waals surface area contributed by atoms with Gasteiger partial charge in [-0.05, 0) is 51.9 Å². The Hall–Kier alpha value is -7.18. The van der Waals surface area contributed by atoms with E-state index in [1.54, 1.807) is 0 Å². The lowest BCUT2D eigenvalue weighted by atomic mass is 9.93. The Morgan fingerprint density at radius 1 is 0.346 bits per heavy atom. The molecule has 0 aliphatic rings. The molecule has 0 saturated heterocycles. The normalized spacial score (nSPS) is 11.8. The number of fused-ring (bicyclic) bond motifs is 10. The zero-order chi connectivity index (χ0) is 34.2. The highest BCUT2D eigenvalue weighted by molar-refractivity contribution is 6.27. The number of aromatic nitrogens is 4. The van der Waals surface area contributed by atoms with Crippen LogP contribution in [-0.2, 0) is 0 Å². The second kappa shape index (κ2) is 11.2. The van der Waals surface area contributed by atoms with Gasteiger partial charge in [-0.2, -0.15) is 0 Å². The molecule has 0 saturated carbocycles. The van der Waals surface area contributed by atoms with Crippen LogP contribution in [0, 0.1) is 0 Å². The molecule has 52 heavy (non-hydrogen) atoms. The highest BCUT2D eigenvalue weighted by atomic mass is 16.3. The van der Waals surface area contributed by atoms with Crippen molar-refractivity contribution in [3.05, 3.63) is 158 Å².